The molecule has 8 nitrogen and oxygen atoms in total. The number of aliphatic carboxylic acids is 1. The van der Waals surface area contributed by atoms with Crippen molar-refractivity contribution < 1.29 is 19.7 Å². The summed E-state index contributed by atoms with van der Waals surface area (Å²) >= 11 is 0. The topological polar surface area (TPSA) is 116 Å². The van der Waals surface area contributed by atoms with E-state index in [1.165, 1.54) is 18.4 Å². The molecular weight excluding hydrogens is 588 g/mol. The summed E-state index contributed by atoms with van der Waals surface area (Å²) in [4.78, 5) is 27.2. The second kappa shape index (κ2) is 13.2. The number of aliphatic imine (C=N–C) groups is 3. The van der Waals surface area contributed by atoms with Crippen molar-refractivity contribution in [3.05, 3.63) is 91.5 Å². The van der Waals surface area contributed by atoms with Gasteiger partial charge in [0, 0.05) is 59.4 Å². The largest absolute Gasteiger partial charge is 0.511 e. The Balaban J connectivity index is 1.52. The van der Waals surface area contributed by atoms with Gasteiger partial charge in [-0.05, 0) is 87.5 Å². The van der Waals surface area contributed by atoms with Crippen LogP contribution in [0.25, 0.3) is 0 Å². The molecule has 6 aliphatic rings. The van der Waals surface area contributed by atoms with E-state index in [0.29, 0.717) is 25.2 Å². The lowest BCUT2D eigenvalue weighted by Crippen LogP contribution is -2.15. The molecule has 0 saturated carbocycles. The summed E-state index contributed by atoms with van der Waals surface area (Å²) in [6, 6.07) is 0. The van der Waals surface area contributed by atoms with E-state index in [1.54, 1.807) is 0 Å². The van der Waals surface area contributed by atoms with Crippen LogP contribution in [0, 0.1) is 11.8 Å². The van der Waals surface area contributed by atoms with Gasteiger partial charge >= 0.3 is 5.97 Å². The third kappa shape index (κ3) is 5.97. The Kier molecular flexibility index (Phi) is 9.25. The molecule has 8 bridgehead atoms. The highest BCUT2D eigenvalue weighted by Gasteiger charge is 2.41. The Labute approximate surface area is 278 Å². The average Bonchev–Trinajstić information content (AvgIpc) is 3.78. The molecule has 1 unspecified atom stereocenters. The molecule has 0 aromatic rings. The summed E-state index contributed by atoms with van der Waals surface area (Å²) in [5, 5.41) is 24.6. The number of aliphatic hydroxyl groups excluding tert-OH is 1. The van der Waals surface area contributed by atoms with Crippen molar-refractivity contribution in [2.24, 2.45) is 26.8 Å². The average molecular weight is 637 g/mol. The third-order valence-electron chi connectivity index (χ3n) is 10.5. The lowest BCUT2D eigenvalue weighted by molar-refractivity contribution is -0.137. The van der Waals surface area contributed by atoms with E-state index in [1.807, 2.05) is 13.0 Å². The molecule has 3 N–H and O–H groups in total. The van der Waals surface area contributed by atoms with Gasteiger partial charge in [-0.25, -0.2) is 15.0 Å². The molecule has 1 aliphatic carbocycles. The Bertz CT molecular complexity index is 1770. The Hall–Kier alpha value is -4.04. The zero-order chi connectivity index (χ0) is 33.6. The highest BCUT2D eigenvalue weighted by molar-refractivity contribution is 6.21. The number of nitrogens with zero attached hydrogens (tertiary/aromatic N) is 3. The minimum atomic E-state index is -0.816. The summed E-state index contributed by atoms with van der Waals surface area (Å²) < 4.78 is 6.42. The second-order valence-electron chi connectivity index (χ2n) is 13.5. The number of ether oxygens (including phenoxy) is 1. The van der Waals surface area contributed by atoms with Crippen LogP contribution in [0.5, 0.6) is 0 Å². The standard InChI is InChI=1S/C39H48N4O4/c1-8-10-11-12-15-47-24(7)36-22(5)30-17-29-21(4)26(13-14-35(45)46)38(42-29)27-16-34(44)37-23(6)31(43-39(27)37)18-32-25(9-2)20(3)28(40-32)19-33(36)41-30/h17-19,21,24,26,42,44H,8-16H2,1-7H3,(H,45,46)/t21-,24?,26-/m0/s1. The first-order chi connectivity index (χ1) is 22.5. The SMILES string of the molecule is CCCCCCOC(C)C1=C(C)C2=NC1=CC1=NC(=CC3=C(C)C4=C(O)CC(=C5NC(=C2)[C@@H](C)[C@@H]5CCC(=O)O)C4=N3)C(CC)=C1C. The number of hydrogen-bond donors (Lipinski definition) is 3. The first-order valence-electron chi connectivity index (χ1n) is 17.3. The number of fused-ring (bicyclic) bond motifs is 5. The van der Waals surface area contributed by atoms with Gasteiger partial charge in [-0.15, -0.1) is 0 Å². The minimum Gasteiger partial charge on any atom is -0.511 e. The van der Waals surface area contributed by atoms with Gasteiger partial charge in [-0.2, -0.15) is 0 Å². The fraction of sp³-hybridized carbons (Fsp3) is 0.487. The van der Waals surface area contributed by atoms with Crippen LogP contribution in [0.2, 0.25) is 0 Å². The second-order valence-corrected chi connectivity index (χ2v) is 13.5. The van der Waals surface area contributed by atoms with Crippen molar-refractivity contribution >= 4 is 23.1 Å². The fourth-order valence-corrected chi connectivity index (χ4v) is 7.79. The van der Waals surface area contributed by atoms with Crippen molar-refractivity contribution in [3.8, 4) is 0 Å². The molecule has 8 heteroatoms. The molecule has 47 heavy (non-hydrogen) atoms. The predicted molar refractivity (Wildman–Crippen MR) is 188 cm³/mol. The van der Waals surface area contributed by atoms with Crippen molar-refractivity contribution in [2.45, 2.75) is 106 Å². The maximum absolute atomic E-state index is 11.7. The number of unbranched alkanes of at least 4 members (excludes halogenated alkanes) is 3. The molecule has 3 atom stereocenters. The molecule has 1 fully saturated rings. The minimum absolute atomic E-state index is 0.0215. The van der Waals surface area contributed by atoms with Gasteiger partial charge in [0.1, 0.15) is 5.76 Å². The predicted octanol–water partition coefficient (Wildman–Crippen LogP) is 8.51. The van der Waals surface area contributed by atoms with Crippen LogP contribution in [0.4, 0.5) is 0 Å². The maximum atomic E-state index is 11.7. The molecule has 0 spiro atoms. The highest BCUT2D eigenvalue weighted by atomic mass is 16.5. The van der Waals surface area contributed by atoms with Gasteiger partial charge in [0.15, 0.2) is 0 Å². The third-order valence-corrected chi connectivity index (χ3v) is 10.5. The Morgan fingerprint density at radius 3 is 2.47 bits per heavy atom. The molecule has 248 valence electrons. The van der Waals surface area contributed by atoms with E-state index in [2.05, 4.69) is 59.0 Å². The van der Waals surface area contributed by atoms with E-state index in [0.717, 1.165) is 98.3 Å². The number of hydrogen-bond acceptors (Lipinski definition) is 7. The van der Waals surface area contributed by atoms with Crippen LogP contribution >= 0.6 is 0 Å². The van der Waals surface area contributed by atoms with Crippen molar-refractivity contribution in [1.82, 2.24) is 5.32 Å². The number of aliphatic hydroxyl groups is 1. The van der Waals surface area contributed by atoms with E-state index < -0.39 is 5.97 Å². The first-order valence-corrected chi connectivity index (χ1v) is 17.3. The van der Waals surface area contributed by atoms with Crippen LogP contribution < -0.4 is 5.32 Å². The lowest BCUT2D eigenvalue weighted by Gasteiger charge is -2.17. The molecule has 0 aromatic heterocycles. The van der Waals surface area contributed by atoms with Crippen molar-refractivity contribution in [1.29, 1.82) is 0 Å². The molecule has 0 aromatic carbocycles. The number of rotatable bonds is 11. The molecule has 5 aliphatic heterocycles. The van der Waals surface area contributed by atoms with Gasteiger partial charge in [-0.3, -0.25) is 4.79 Å². The number of carbonyl (C=O) groups is 1. The zero-order valence-corrected chi connectivity index (χ0v) is 28.9. The van der Waals surface area contributed by atoms with Crippen molar-refractivity contribution in [2.75, 3.05) is 6.61 Å². The van der Waals surface area contributed by atoms with E-state index in [-0.39, 0.29) is 24.4 Å². The van der Waals surface area contributed by atoms with E-state index in [9.17, 15) is 15.0 Å². The van der Waals surface area contributed by atoms with Gasteiger partial charge < -0.3 is 20.3 Å². The van der Waals surface area contributed by atoms with Gasteiger partial charge in [0.05, 0.1) is 40.3 Å². The summed E-state index contributed by atoms with van der Waals surface area (Å²) in [6.45, 7) is 15.6. The molecule has 0 radical (unpaired) electrons. The molecular formula is C39H48N4O4. The van der Waals surface area contributed by atoms with E-state index >= 15 is 0 Å². The van der Waals surface area contributed by atoms with Crippen molar-refractivity contribution in [3.63, 3.8) is 0 Å². The Morgan fingerprint density at radius 2 is 1.74 bits per heavy atom. The first kappa shape index (κ1) is 32.9. The molecule has 6 rings (SSSR count). The van der Waals surface area contributed by atoms with Crippen LogP contribution in [0.15, 0.2) is 106 Å². The quantitative estimate of drug-likeness (QED) is 0.197. The Morgan fingerprint density at radius 1 is 1.00 bits per heavy atom. The van der Waals surface area contributed by atoms with Crippen LogP contribution in [0.1, 0.15) is 99.8 Å². The fourth-order valence-electron chi connectivity index (χ4n) is 7.79. The summed E-state index contributed by atoms with van der Waals surface area (Å²) in [5.74, 6) is -0.553. The summed E-state index contributed by atoms with van der Waals surface area (Å²) in [5.41, 5.74) is 14.1. The molecule has 1 saturated heterocycles. The molecule has 5 heterocycles. The van der Waals surface area contributed by atoms with Crippen LogP contribution in [-0.2, 0) is 9.53 Å². The van der Waals surface area contributed by atoms with Gasteiger partial charge in [0.25, 0.3) is 0 Å². The normalized spacial score (nSPS) is 24.1. The zero-order valence-electron chi connectivity index (χ0n) is 28.9. The smallest absolute Gasteiger partial charge is 0.303 e. The van der Waals surface area contributed by atoms with Crippen LogP contribution in [0.3, 0.4) is 0 Å². The lowest BCUT2D eigenvalue weighted by atomic mass is 9.86. The number of carboxylic acids is 1. The highest BCUT2D eigenvalue weighted by Crippen LogP contribution is 2.46. The number of nitrogens with one attached hydrogen (secondary N) is 1. The molecule has 0 amide bonds. The summed E-state index contributed by atoms with van der Waals surface area (Å²) in [6.07, 6.45) is 12.5. The number of carboxylic acid groups (broad SMARTS) is 1. The van der Waals surface area contributed by atoms with E-state index in [4.69, 9.17) is 19.7 Å². The maximum Gasteiger partial charge on any atom is 0.303 e. The number of allylic oxidation sites excluding steroid dienone is 11. The van der Waals surface area contributed by atoms with Gasteiger partial charge in [-0.1, -0.05) is 40.0 Å². The van der Waals surface area contributed by atoms with Gasteiger partial charge in [0.2, 0.25) is 0 Å². The van der Waals surface area contributed by atoms with Crippen LogP contribution in [-0.4, -0.2) is 46.0 Å². The monoisotopic (exact) mass is 636 g/mol. The summed E-state index contributed by atoms with van der Waals surface area (Å²) in [7, 11) is 0.